The molecule has 5 fully saturated rings. The van der Waals surface area contributed by atoms with E-state index in [1.807, 2.05) is 153 Å². The smallest absolute Gasteiger partial charge is 0.422 e. The fraction of sp³-hybridized carbons (Fsp3) is 0.234. The zero-order valence-electron chi connectivity index (χ0n) is 55.6. The molecule has 0 N–H and O–H groups in total. The van der Waals surface area contributed by atoms with Crippen molar-refractivity contribution in [3.8, 4) is 5.75 Å². The molecule has 7 aromatic carbocycles. The number of imide groups is 2. The highest BCUT2D eigenvalue weighted by Crippen LogP contribution is 2.36. The zero-order chi connectivity index (χ0) is 70.1. The summed E-state index contributed by atoms with van der Waals surface area (Å²) in [6, 6.07) is 56.7. The quantitative estimate of drug-likeness (QED) is 0.0447. The maximum absolute atomic E-state index is 12.7. The second-order valence-electron chi connectivity index (χ2n) is 23.3. The normalized spacial score (nSPS) is 17.4. The Morgan fingerprint density at radius 2 is 1.01 bits per heavy atom. The number of methoxy groups -OCH3 is 1. The van der Waals surface area contributed by atoms with Gasteiger partial charge in [-0.05, 0) is 188 Å². The second kappa shape index (κ2) is 33.5. The fourth-order valence-corrected chi connectivity index (χ4v) is 11.9. The number of para-hydroxylation sites is 3. The van der Waals surface area contributed by atoms with Crippen LogP contribution in [-0.2, 0) is 47.7 Å². The summed E-state index contributed by atoms with van der Waals surface area (Å²) in [6.07, 6.45) is 13.4. The first-order valence-electron chi connectivity index (χ1n) is 32.4. The number of fused-ring (bicyclic) bond motifs is 3. The first kappa shape index (κ1) is 71.1. The number of hydrogen-bond donors (Lipinski definition) is 0. The molecule has 19 nitrogen and oxygen atoms in total. The van der Waals surface area contributed by atoms with Crippen LogP contribution in [0.4, 0.5) is 27.5 Å². The van der Waals surface area contributed by atoms with Crippen molar-refractivity contribution in [2.75, 3.05) is 57.2 Å². The Morgan fingerprint density at radius 1 is 0.525 bits per heavy atom. The van der Waals surface area contributed by atoms with Crippen LogP contribution in [0.2, 0.25) is 0 Å². The minimum atomic E-state index is -0.641. The zero-order valence-corrected chi connectivity index (χ0v) is 58.1. The van der Waals surface area contributed by atoms with Gasteiger partial charge in [0.2, 0.25) is 5.91 Å². The third kappa shape index (κ3) is 17.7. The van der Waals surface area contributed by atoms with Crippen LogP contribution in [-0.4, -0.2) is 124 Å². The largest absolute Gasteiger partial charge is 0.497 e. The van der Waals surface area contributed by atoms with Crippen LogP contribution in [0.25, 0.3) is 46.2 Å². The van der Waals surface area contributed by atoms with Gasteiger partial charge in [-0.25, -0.2) is 14.6 Å². The number of nitrogens with zero attached hydrogens (tertiary/aromatic N) is 6. The van der Waals surface area contributed by atoms with E-state index >= 15 is 0 Å². The van der Waals surface area contributed by atoms with Gasteiger partial charge in [0.1, 0.15) is 16.9 Å². The van der Waals surface area contributed by atoms with Gasteiger partial charge in [-0.3, -0.25) is 33.8 Å². The minimum Gasteiger partial charge on any atom is -0.497 e. The Kier molecular flexibility index (Phi) is 24.1. The van der Waals surface area contributed by atoms with Crippen molar-refractivity contribution < 1.29 is 61.6 Å². The van der Waals surface area contributed by atoms with Crippen LogP contribution in [0.1, 0.15) is 88.0 Å². The number of benzene rings is 7. The standard InChI is InChI=1S/C27H24N2O4.C19H26N2O2S.C18H13NO3S.C13H11NO4S/c30-26-25(33-27(31)28(26)19-24-12-7-17-32-24)18-20-13-15-23(16-14-20)29(21-8-3-1-4-9-21)22-10-5-2-6-11-22;1-4-5-6-7-8-13-21-18(22)17(23-19(21)24)14-15-9-11-16(12-10-15)20(2)3;1-2-19-17(20)16(22-18(19)23)10-11-7-8-15-13(9-11)12-5-3-4-6-14(12)21-15;1-8(15)14-12(16)11(18-13(14)19)7-9-3-5-10(17-2)6-4-9/h1-6,8-11,13-16,18,24H,7,12,17,19H2;9-12,14H,4-8,13H2,1-3H3;3-10H,2H2,1H3;3-7H,1-2H3/b25-18+;17-14+;16-10+;11-7+. The van der Waals surface area contributed by atoms with Crippen molar-refractivity contribution in [1.82, 2.24) is 19.6 Å². The van der Waals surface area contributed by atoms with Crippen molar-refractivity contribution >= 4 is 157 Å². The molecule has 0 aliphatic carbocycles. The van der Waals surface area contributed by atoms with E-state index in [1.54, 1.807) is 54.5 Å². The lowest BCUT2D eigenvalue weighted by Crippen LogP contribution is -2.35. The number of carbonyl (C=O) groups excluding carboxylic acids is 6. The highest BCUT2D eigenvalue weighted by Gasteiger charge is 2.40. The topological polar surface area (TPSA) is 190 Å². The number of amides is 6. The van der Waals surface area contributed by atoms with E-state index in [1.165, 1.54) is 37.2 Å². The van der Waals surface area contributed by atoms with Crippen LogP contribution < -0.4 is 14.5 Å². The number of carbonyl (C=O) groups is 6. The Balaban J connectivity index is 0.000000146. The maximum Gasteiger partial charge on any atom is 0.422 e. The van der Waals surface area contributed by atoms with Crippen LogP contribution in [0.15, 0.2) is 203 Å². The summed E-state index contributed by atoms with van der Waals surface area (Å²) in [5.74, 6) is -0.422. The highest BCUT2D eigenvalue weighted by molar-refractivity contribution is 7.80. The molecule has 13 rings (SSSR count). The van der Waals surface area contributed by atoms with E-state index in [9.17, 15) is 28.8 Å². The molecule has 22 heteroatoms. The monoisotopic (exact) mass is 1390 g/mol. The Labute approximate surface area is 590 Å². The molecular formula is C77H74N6O13S3. The number of unbranched alkanes of at least 4 members (excludes halogenated alkanes) is 4. The number of anilines is 4. The predicted molar refractivity (Wildman–Crippen MR) is 394 cm³/mol. The summed E-state index contributed by atoms with van der Waals surface area (Å²) in [5, 5.41) is 2.39. The van der Waals surface area contributed by atoms with E-state index in [0.717, 1.165) is 102 Å². The van der Waals surface area contributed by atoms with Gasteiger partial charge in [0.15, 0.2) is 23.0 Å². The number of rotatable bonds is 18. The SMILES string of the molecule is CCCCCCCN1C(=O)/C(=C\c2ccc(N(C)C)cc2)OC1=S.CCN1C(=O)/C(=C\c2ccc3oc4ccccc4c3c2)OC1=S.COc1ccc(/C=C2/OC(=S)N(C(C)=O)C2=O)cc1.O=C1O/C(=C/c2ccc(N(c3ccccc3)c3ccccc3)cc2)C(=O)N1CC1CCCO1. The molecule has 8 aromatic rings. The average molecular weight is 1390 g/mol. The lowest BCUT2D eigenvalue weighted by molar-refractivity contribution is -0.135. The third-order valence-electron chi connectivity index (χ3n) is 16.2. The Bertz CT molecular complexity index is 4390. The van der Waals surface area contributed by atoms with E-state index < -0.39 is 23.8 Å². The van der Waals surface area contributed by atoms with Gasteiger partial charge in [0.25, 0.3) is 33.2 Å². The summed E-state index contributed by atoms with van der Waals surface area (Å²) in [6.45, 7) is 7.34. The second-order valence-corrected chi connectivity index (χ2v) is 24.4. The maximum atomic E-state index is 12.7. The molecule has 508 valence electrons. The highest BCUT2D eigenvalue weighted by atomic mass is 32.1. The van der Waals surface area contributed by atoms with Crippen molar-refractivity contribution in [3.05, 3.63) is 221 Å². The lowest BCUT2D eigenvalue weighted by atomic mass is 10.1. The van der Waals surface area contributed by atoms with Gasteiger partial charge in [0.05, 0.1) is 19.8 Å². The van der Waals surface area contributed by atoms with Gasteiger partial charge < -0.3 is 42.6 Å². The predicted octanol–water partition coefficient (Wildman–Crippen LogP) is 15.7. The summed E-state index contributed by atoms with van der Waals surface area (Å²) in [5.41, 5.74) is 9.15. The van der Waals surface area contributed by atoms with E-state index in [2.05, 4.69) is 36.1 Å². The molecule has 1 atom stereocenters. The molecule has 5 aliphatic heterocycles. The molecule has 1 aromatic heterocycles. The van der Waals surface area contributed by atoms with Crippen LogP contribution in [0, 0.1) is 0 Å². The minimum absolute atomic E-state index is 0.0327. The van der Waals surface area contributed by atoms with Crippen LogP contribution in [0.3, 0.4) is 0 Å². The summed E-state index contributed by atoms with van der Waals surface area (Å²) in [4.78, 5) is 81.8. The van der Waals surface area contributed by atoms with Crippen molar-refractivity contribution in [2.24, 2.45) is 0 Å². The number of cyclic esters (lactones) is 1. The van der Waals surface area contributed by atoms with Crippen molar-refractivity contribution in [3.63, 3.8) is 0 Å². The third-order valence-corrected chi connectivity index (χ3v) is 17.1. The van der Waals surface area contributed by atoms with Gasteiger partial charge in [0, 0.05) is 74.2 Å². The molecule has 0 bridgehead atoms. The summed E-state index contributed by atoms with van der Waals surface area (Å²) in [7, 11) is 5.56. The molecule has 1 unspecified atom stereocenters. The van der Waals surface area contributed by atoms with Gasteiger partial charge in [-0.15, -0.1) is 0 Å². The van der Waals surface area contributed by atoms with Crippen LogP contribution in [0.5, 0.6) is 5.75 Å². The fourth-order valence-electron chi connectivity index (χ4n) is 11.1. The molecular weight excluding hydrogens is 1310 g/mol. The van der Waals surface area contributed by atoms with Gasteiger partial charge in [-0.2, -0.15) is 0 Å². The number of furan rings is 1. The van der Waals surface area contributed by atoms with E-state index in [-0.39, 0.29) is 57.3 Å². The van der Waals surface area contributed by atoms with Gasteiger partial charge >= 0.3 is 12.0 Å². The van der Waals surface area contributed by atoms with Gasteiger partial charge in [-0.1, -0.05) is 130 Å². The number of likely N-dealkylation sites (N-methyl/N-ethyl adjacent to an activating group) is 1. The molecule has 6 amide bonds. The first-order chi connectivity index (χ1) is 47.9. The molecule has 5 aliphatic rings. The summed E-state index contributed by atoms with van der Waals surface area (Å²) < 4.78 is 37.7. The number of thiocarbonyl (C=S) groups is 3. The van der Waals surface area contributed by atoms with E-state index in [0.29, 0.717) is 31.2 Å². The number of hydrogen-bond acceptors (Lipinski definition) is 18. The molecule has 0 spiro atoms. The van der Waals surface area contributed by atoms with Crippen molar-refractivity contribution in [2.45, 2.75) is 71.8 Å². The molecule has 6 heterocycles. The molecule has 0 radical (unpaired) electrons. The lowest BCUT2D eigenvalue weighted by Gasteiger charge is -2.25. The van der Waals surface area contributed by atoms with Crippen LogP contribution >= 0.6 is 36.7 Å². The van der Waals surface area contributed by atoms with Crippen molar-refractivity contribution in [1.29, 1.82) is 0 Å². The number of ether oxygens (including phenoxy) is 6. The molecule has 0 saturated carbocycles. The molecule has 99 heavy (non-hydrogen) atoms. The van der Waals surface area contributed by atoms with E-state index in [4.69, 9.17) is 69.5 Å². The Morgan fingerprint density at radius 3 is 1.56 bits per heavy atom. The Hall–Kier alpha value is -10.7. The summed E-state index contributed by atoms with van der Waals surface area (Å²) >= 11 is 15.1. The average Bonchev–Trinajstić information content (AvgIpc) is 1.74. The molecule has 5 saturated heterocycles. The first-order valence-corrected chi connectivity index (χ1v) is 33.6.